The van der Waals surface area contributed by atoms with Crippen molar-refractivity contribution in [2.45, 2.75) is 64.1 Å². The molecule has 3 aromatic rings. The molecule has 0 unspecified atom stereocenters. The first-order chi connectivity index (χ1) is 15.0. The van der Waals surface area contributed by atoms with Gasteiger partial charge in [0.2, 0.25) is 11.7 Å². The van der Waals surface area contributed by atoms with E-state index in [9.17, 15) is 9.59 Å². The van der Waals surface area contributed by atoms with Gasteiger partial charge in [0.1, 0.15) is 5.54 Å². The number of imidazole rings is 1. The Morgan fingerprint density at radius 3 is 2.55 bits per heavy atom. The first-order valence-corrected chi connectivity index (χ1v) is 11.2. The first-order valence-electron chi connectivity index (χ1n) is 11.2. The van der Waals surface area contributed by atoms with Crippen LogP contribution in [0.3, 0.4) is 0 Å². The largest absolute Gasteiger partial charge is 0.351 e. The van der Waals surface area contributed by atoms with E-state index < -0.39 is 5.54 Å². The van der Waals surface area contributed by atoms with Crippen molar-refractivity contribution < 1.29 is 9.59 Å². The maximum atomic E-state index is 13.8. The lowest BCUT2D eigenvalue weighted by Crippen LogP contribution is -2.65. The lowest BCUT2D eigenvalue weighted by atomic mass is 9.93. The molecule has 2 aliphatic rings. The molecule has 1 aromatic heterocycles. The Kier molecular flexibility index (Phi) is 4.80. The third kappa shape index (κ3) is 3.21. The minimum Gasteiger partial charge on any atom is -0.351 e. The Balaban J connectivity index is 1.62. The van der Waals surface area contributed by atoms with Crippen LogP contribution in [0.4, 0.5) is 5.69 Å². The summed E-state index contributed by atoms with van der Waals surface area (Å²) in [5, 5.41) is 3.24. The van der Waals surface area contributed by atoms with E-state index in [1.807, 2.05) is 60.0 Å². The third-order valence-corrected chi connectivity index (χ3v) is 6.79. The molecule has 1 aliphatic heterocycles. The molecule has 1 atom stereocenters. The standard InChI is InChI=1S/C25H28N4O2/c1-3-17-12-14-19(15-13-17)29-23(30)22-27-20-10-6-7-11-21(20)28(22)16-25(29,2)24(31)26-18-8-4-5-9-18/h6-7,10-15,18H,3-5,8-9,16H2,1-2H3,(H,26,31)/t25-/m0/s1. The van der Waals surface area contributed by atoms with E-state index in [1.165, 1.54) is 5.56 Å². The van der Waals surface area contributed by atoms with E-state index in [-0.39, 0.29) is 17.9 Å². The maximum absolute atomic E-state index is 13.8. The molecule has 0 bridgehead atoms. The molecule has 2 heterocycles. The summed E-state index contributed by atoms with van der Waals surface area (Å²) >= 11 is 0. The number of carbonyl (C=O) groups excluding carboxylic acids is 2. The lowest BCUT2D eigenvalue weighted by Gasteiger charge is -2.43. The number of nitrogens with zero attached hydrogens (tertiary/aromatic N) is 3. The lowest BCUT2D eigenvalue weighted by molar-refractivity contribution is -0.127. The van der Waals surface area contributed by atoms with Gasteiger partial charge in [0.05, 0.1) is 17.6 Å². The van der Waals surface area contributed by atoms with Crippen LogP contribution >= 0.6 is 0 Å². The number of para-hydroxylation sites is 2. The number of anilines is 1. The second-order valence-corrected chi connectivity index (χ2v) is 8.90. The number of aryl methyl sites for hydroxylation is 1. The number of aromatic nitrogens is 2. The average Bonchev–Trinajstić information content (AvgIpc) is 3.42. The number of hydrogen-bond acceptors (Lipinski definition) is 3. The van der Waals surface area contributed by atoms with Gasteiger partial charge in [-0.3, -0.25) is 14.5 Å². The molecule has 5 rings (SSSR count). The van der Waals surface area contributed by atoms with Gasteiger partial charge in [-0.1, -0.05) is 44.0 Å². The van der Waals surface area contributed by atoms with Crippen LogP contribution in [0.1, 0.15) is 55.7 Å². The molecular formula is C25H28N4O2. The van der Waals surface area contributed by atoms with Gasteiger partial charge in [0.25, 0.3) is 5.91 Å². The van der Waals surface area contributed by atoms with Crippen LogP contribution in [0.5, 0.6) is 0 Å². The van der Waals surface area contributed by atoms with Gasteiger partial charge >= 0.3 is 0 Å². The fraction of sp³-hybridized carbons (Fsp3) is 0.400. The second kappa shape index (κ2) is 7.52. The first kappa shape index (κ1) is 19.8. The van der Waals surface area contributed by atoms with Gasteiger partial charge in [-0.05, 0) is 56.0 Å². The number of amides is 2. The average molecular weight is 417 g/mol. The molecule has 0 spiro atoms. The van der Waals surface area contributed by atoms with E-state index in [2.05, 4.69) is 17.2 Å². The Labute approximate surface area is 182 Å². The Hall–Kier alpha value is -3.15. The second-order valence-electron chi connectivity index (χ2n) is 8.90. The molecule has 1 N–H and O–H groups in total. The number of carbonyl (C=O) groups is 2. The van der Waals surface area contributed by atoms with Gasteiger partial charge in [0, 0.05) is 11.7 Å². The van der Waals surface area contributed by atoms with E-state index in [0.29, 0.717) is 12.4 Å². The molecule has 2 aromatic carbocycles. The minimum absolute atomic E-state index is 0.101. The summed E-state index contributed by atoms with van der Waals surface area (Å²) in [6.45, 7) is 4.34. The topological polar surface area (TPSA) is 67.2 Å². The minimum atomic E-state index is -1.05. The highest BCUT2D eigenvalue weighted by Gasteiger charge is 2.49. The third-order valence-electron chi connectivity index (χ3n) is 6.79. The van der Waals surface area contributed by atoms with Crippen LogP contribution in [0, 0.1) is 0 Å². The monoisotopic (exact) mass is 416 g/mol. The smallest absolute Gasteiger partial charge is 0.295 e. The van der Waals surface area contributed by atoms with Crippen LogP contribution in [0.15, 0.2) is 48.5 Å². The number of fused-ring (bicyclic) bond motifs is 3. The molecule has 0 saturated heterocycles. The quantitative estimate of drug-likeness (QED) is 0.697. The summed E-state index contributed by atoms with van der Waals surface area (Å²) in [6, 6.07) is 15.8. The van der Waals surface area contributed by atoms with Gasteiger partial charge in [0.15, 0.2) is 0 Å². The van der Waals surface area contributed by atoms with Gasteiger partial charge in [-0.15, -0.1) is 0 Å². The van der Waals surface area contributed by atoms with Crippen LogP contribution in [-0.2, 0) is 17.8 Å². The van der Waals surface area contributed by atoms with Crippen molar-refractivity contribution >= 4 is 28.5 Å². The Morgan fingerprint density at radius 2 is 1.84 bits per heavy atom. The molecule has 0 radical (unpaired) electrons. The van der Waals surface area contributed by atoms with Crippen molar-refractivity contribution in [1.29, 1.82) is 0 Å². The van der Waals surface area contributed by atoms with Crippen LogP contribution in [0.2, 0.25) is 0 Å². The van der Waals surface area contributed by atoms with Crippen LogP contribution < -0.4 is 10.2 Å². The number of benzene rings is 2. The van der Waals surface area contributed by atoms with E-state index in [1.54, 1.807) is 4.90 Å². The van der Waals surface area contributed by atoms with Crippen LogP contribution in [0.25, 0.3) is 11.0 Å². The van der Waals surface area contributed by atoms with Gasteiger partial charge in [-0.25, -0.2) is 4.98 Å². The molecule has 1 fully saturated rings. The van der Waals surface area contributed by atoms with Gasteiger partial charge < -0.3 is 9.88 Å². The highest BCUT2D eigenvalue weighted by Crippen LogP contribution is 2.35. The molecule has 31 heavy (non-hydrogen) atoms. The van der Waals surface area contributed by atoms with Crippen molar-refractivity contribution in [1.82, 2.24) is 14.9 Å². The number of hydrogen-bond donors (Lipinski definition) is 1. The molecular weight excluding hydrogens is 388 g/mol. The van der Waals surface area contributed by atoms with Crippen molar-refractivity contribution in [3.63, 3.8) is 0 Å². The fourth-order valence-corrected chi connectivity index (χ4v) is 4.97. The van der Waals surface area contributed by atoms with Gasteiger partial charge in [-0.2, -0.15) is 0 Å². The summed E-state index contributed by atoms with van der Waals surface area (Å²) in [7, 11) is 0. The summed E-state index contributed by atoms with van der Waals surface area (Å²) < 4.78 is 1.91. The van der Waals surface area contributed by atoms with E-state index in [0.717, 1.165) is 48.8 Å². The molecule has 6 nitrogen and oxygen atoms in total. The van der Waals surface area contributed by atoms with Crippen molar-refractivity contribution in [2.24, 2.45) is 0 Å². The SMILES string of the molecule is CCc1ccc(N2C(=O)c3nc4ccccc4n3C[C@@]2(C)C(=O)NC2CCCC2)cc1. The number of nitrogens with one attached hydrogen (secondary N) is 1. The molecule has 6 heteroatoms. The van der Waals surface area contributed by atoms with Crippen molar-refractivity contribution in [3.05, 3.63) is 59.9 Å². The summed E-state index contributed by atoms with van der Waals surface area (Å²) in [5.74, 6) is 0.0402. The van der Waals surface area contributed by atoms with E-state index in [4.69, 9.17) is 0 Å². The highest BCUT2D eigenvalue weighted by atomic mass is 16.2. The predicted octanol–water partition coefficient (Wildman–Crippen LogP) is 4.08. The predicted molar refractivity (Wildman–Crippen MR) is 121 cm³/mol. The molecule has 2 amide bonds. The summed E-state index contributed by atoms with van der Waals surface area (Å²) in [4.78, 5) is 33.7. The molecule has 1 aliphatic carbocycles. The zero-order chi connectivity index (χ0) is 21.6. The molecule has 160 valence electrons. The zero-order valence-corrected chi connectivity index (χ0v) is 18.1. The summed E-state index contributed by atoms with van der Waals surface area (Å²) in [6.07, 6.45) is 5.20. The zero-order valence-electron chi connectivity index (χ0n) is 18.1. The van der Waals surface area contributed by atoms with E-state index >= 15 is 0 Å². The highest BCUT2D eigenvalue weighted by molar-refractivity contribution is 6.12. The van der Waals surface area contributed by atoms with Crippen molar-refractivity contribution in [2.75, 3.05) is 4.90 Å². The Bertz CT molecular complexity index is 1140. The Morgan fingerprint density at radius 1 is 1.13 bits per heavy atom. The summed E-state index contributed by atoms with van der Waals surface area (Å²) in [5.41, 5.74) is 2.52. The molecule has 1 saturated carbocycles. The van der Waals surface area contributed by atoms with Crippen molar-refractivity contribution in [3.8, 4) is 0 Å². The fourth-order valence-electron chi connectivity index (χ4n) is 4.97. The maximum Gasteiger partial charge on any atom is 0.295 e. The normalized spacial score (nSPS) is 21.5. The van der Waals surface area contributed by atoms with Crippen LogP contribution in [-0.4, -0.2) is 32.9 Å². The number of rotatable bonds is 4.